The van der Waals surface area contributed by atoms with Crippen LogP contribution in [0.1, 0.15) is 80.4 Å². The van der Waals surface area contributed by atoms with E-state index in [-0.39, 0.29) is 10.8 Å². The van der Waals surface area contributed by atoms with Crippen LogP contribution in [0.4, 0.5) is 0 Å². The molecular weight excluding hydrogens is 364 g/mol. The van der Waals surface area contributed by atoms with Crippen molar-refractivity contribution in [2.45, 2.75) is 80.1 Å². The number of nitrogens with zero attached hydrogens (tertiary/aromatic N) is 2. The summed E-state index contributed by atoms with van der Waals surface area (Å²) in [5.41, 5.74) is 5.76. The molecule has 0 aliphatic rings. The maximum atomic E-state index is 2.25. The Labute approximate surface area is 184 Å². The summed E-state index contributed by atoms with van der Waals surface area (Å²) in [7, 11) is 0. The molecule has 30 heavy (non-hydrogen) atoms. The average Bonchev–Trinajstić information content (AvgIpc) is 3.38. The smallest absolute Gasteiger partial charge is 0.0452 e. The summed E-state index contributed by atoms with van der Waals surface area (Å²) in [6, 6.07) is 17.2. The standard InChI is InChI=1S/2C12H15N.2C2H6/c1-12(2,3)10-6-7-11-5-4-8-13(11)9-10;1-12(2,3)10-6-8-13-7-4-5-11(13)9-10;2*1-2/h2*4-9H,1-3H3;2*1-2H3. The number of fused-ring (bicyclic) bond motifs is 2. The average molecular weight is 407 g/mol. The van der Waals surface area contributed by atoms with Gasteiger partial charge in [-0.25, -0.2) is 0 Å². The first-order valence-corrected chi connectivity index (χ1v) is 11.3. The molecule has 4 heterocycles. The molecule has 4 rings (SSSR count). The zero-order chi connectivity index (χ0) is 22.9. The third kappa shape index (κ3) is 6.79. The van der Waals surface area contributed by atoms with Gasteiger partial charge in [-0.15, -0.1) is 0 Å². The minimum absolute atomic E-state index is 0.235. The molecule has 0 aliphatic heterocycles. The van der Waals surface area contributed by atoms with E-state index in [0.717, 1.165) is 0 Å². The quantitative estimate of drug-likeness (QED) is 0.277. The fourth-order valence-corrected chi connectivity index (χ4v) is 2.98. The molecule has 0 spiro atoms. The highest BCUT2D eigenvalue weighted by Crippen LogP contribution is 2.23. The summed E-state index contributed by atoms with van der Waals surface area (Å²) in [5.74, 6) is 0. The third-order valence-electron chi connectivity index (χ3n) is 4.79. The maximum Gasteiger partial charge on any atom is 0.0452 e. The molecule has 0 aliphatic carbocycles. The normalized spacial score (nSPS) is 11.0. The van der Waals surface area contributed by atoms with Gasteiger partial charge in [0.15, 0.2) is 0 Å². The zero-order valence-corrected chi connectivity index (χ0v) is 20.8. The lowest BCUT2D eigenvalue weighted by Crippen LogP contribution is -2.11. The molecule has 0 bridgehead atoms. The van der Waals surface area contributed by atoms with Gasteiger partial charge in [-0.3, -0.25) is 0 Å². The van der Waals surface area contributed by atoms with Crippen LogP contribution >= 0.6 is 0 Å². The Bertz CT molecular complexity index is 920. The van der Waals surface area contributed by atoms with Crippen molar-refractivity contribution in [3.63, 3.8) is 0 Å². The van der Waals surface area contributed by atoms with Gasteiger partial charge in [0.2, 0.25) is 0 Å². The van der Waals surface area contributed by atoms with Gasteiger partial charge in [-0.05, 0) is 64.4 Å². The van der Waals surface area contributed by atoms with E-state index in [2.05, 4.69) is 124 Å². The van der Waals surface area contributed by atoms with Crippen LogP contribution in [0.5, 0.6) is 0 Å². The van der Waals surface area contributed by atoms with Crippen LogP contribution in [0.25, 0.3) is 11.0 Å². The van der Waals surface area contributed by atoms with Gasteiger partial charge < -0.3 is 8.80 Å². The molecule has 2 nitrogen and oxygen atoms in total. The number of hydrogen-bond donors (Lipinski definition) is 0. The third-order valence-corrected chi connectivity index (χ3v) is 4.79. The summed E-state index contributed by atoms with van der Waals surface area (Å²) in [6.07, 6.45) is 8.48. The fourth-order valence-electron chi connectivity index (χ4n) is 2.98. The van der Waals surface area contributed by atoms with Gasteiger partial charge in [0.05, 0.1) is 0 Å². The number of pyridine rings is 2. The zero-order valence-electron chi connectivity index (χ0n) is 20.8. The van der Waals surface area contributed by atoms with Gasteiger partial charge >= 0.3 is 0 Å². The first kappa shape index (κ1) is 25.6. The van der Waals surface area contributed by atoms with Gasteiger partial charge in [0.1, 0.15) is 0 Å². The molecule has 0 fully saturated rings. The molecule has 4 aromatic rings. The van der Waals surface area contributed by atoms with Crippen molar-refractivity contribution in [1.82, 2.24) is 8.80 Å². The van der Waals surface area contributed by atoms with Crippen LogP contribution in [0.15, 0.2) is 73.3 Å². The first-order chi connectivity index (χ1) is 14.1. The predicted molar refractivity (Wildman–Crippen MR) is 135 cm³/mol. The highest BCUT2D eigenvalue weighted by Gasteiger charge is 2.14. The van der Waals surface area contributed by atoms with E-state index in [9.17, 15) is 0 Å². The van der Waals surface area contributed by atoms with Crippen LogP contribution in [-0.4, -0.2) is 8.80 Å². The molecule has 4 aromatic heterocycles. The van der Waals surface area contributed by atoms with E-state index in [1.165, 1.54) is 22.2 Å². The minimum atomic E-state index is 0.235. The molecule has 2 heteroatoms. The summed E-state index contributed by atoms with van der Waals surface area (Å²) in [5, 5.41) is 0. The Morgan fingerprint density at radius 1 is 0.533 bits per heavy atom. The van der Waals surface area contributed by atoms with E-state index < -0.39 is 0 Å². The van der Waals surface area contributed by atoms with Gasteiger partial charge in [0, 0.05) is 35.8 Å². The maximum absolute atomic E-state index is 2.25. The minimum Gasteiger partial charge on any atom is -0.324 e. The van der Waals surface area contributed by atoms with E-state index in [0.29, 0.717) is 0 Å². The topological polar surface area (TPSA) is 8.82 Å². The summed E-state index contributed by atoms with van der Waals surface area (Å²) < 4.78 is 4.30. The van der Waals surface area contributed by atoms with Crippen LogP contribution in [0.3, 0.4) is 0 Å². The van der Waals surface area contributed by atoms with Crippen molar-refractivity contribution in [3.05, 3.63) is 84.4 Å². The van der Waals surface area contributed by atoms with Crippen molar-refractivity contribution in [1.29, 1.82) is 0 Å². The summed E-state index contributed by atoms with van der Waals surface area (Å²) in [4.78, 5) is 0. The Morgan fingerprint density at radius 3 is 1.63 bits per heavy atom. The summed E-state index contributed by atoms with van der Waals surface area (Å²) in [6.45, 7) is 21.4. The lowest BCUT2D eigenvalue weighted by atomic mass is 9.88. The predicted octanol–water partition coefficient (Wildman–Crippen LogP) is 8.53. The van der Waals surface area contributed by atoms with E-state index in [1.54, 1.807) is 0 Å². The van der Waals surface area contributed by atoms with Gasteiger partial charge in [-0.2, -0.15) is 0 Å². The molecular formula is C28H42N2. The van der Waals surface area contributed by atoms with Crippen LogP contribution in [-0.2, 0) is 10.8 Å². The van der Waals surface area contributed by atoms with Crippen LogP contribution < -0.4 is 0 Å². The van der Waals surface area contributed by atoms with E-state index in [4.69, 9.17) is 0 Å². The number of rotatable bonds is 0. The SMILES string of the molecule is CC.CC.CC(C)(C)c1ccc2cccn2c1.CC(C)(C)c1ccn2cccc2c1. The van der Waals surface area contributed by atoms with Crippen molar-refractivity contribution >= 4 is 11.0 Å². The second-order valence-electron chi connectivity index (χ2n) is 9.01. The molecule has 0 aromatic carbocycles. The molecule has 0 amide bonds. The second kappa shape index (κ2) is 11.1. The van der Waals surface area contributed by atoms with Crippen LogP contribution in [0.2, 0.25) is 0 Å². The van der Waals surface area contributed by atoms with Crippen molar-refractivity contribution < 1.29 is 0 Å². The fraction of sp³-hybridized carbons (Fsp3) is 0.429. The van der Waals surface area contributed by atoms with Crippen molar-refractivity contribution in [2.24, 2.45) is 0 Å². The van der Waals surface area contributed by atoms with Gasteiger partial charge in [0.25, 0.3) is 0 Å². The van der Waals surface area contributed by atoms with Crippen molar-refractivity contribution in [3.8, 4) is 0 Å². The Morgan fingerprint density at radius 2 is 1.07 bits per heavy atom. The van der Waals surface area contributed by atoms with Crippen LogP contribution in [0, 0.1) is 0 Å². The lowest BCUT2D eigenvalue weighted by molar-refractivity contribution is 0.586. The van der Waals surface area contributed by atoms with Gasteiger partial charge in [-0.1, -0.05) is 75.3 Å². The van der Waals surface area contributed by atoms with Crippen molar-refractivity contribution in [2.75, 3.05) is 0 Å². The second-order valence-corrected chi connectivity index (χ2v) is 9.01. The molecule has 0 saturated carbocycles. The Kier molecular flexibility index (Phi) is 9.42. The monoisotopic (exact) mass is 406 g/mol. The highest BCUT2D eigenvalue weighted by atomic mass is 14.9. The van der Waals surface area contributed by atoms with E-state index in [1.807, 2.05) is 27.7 Å². The lowest BCUT2D eigenvalue weighted by Gasteiger charge is -2.18. The summed E-state index contributed by atoms with van der Waals surface area (Å²) >= 11 is 0. The Hall–Kier alpha value is -2.48. The molecule has 0 atom stereocenters. The molecule has 0 saturated heterocycles. The molecule has 164 valence electrons. The number of aromatic nitrogens is 2. The molecule has 0 unspecified atom stereocenters. The molecule has 0 radical (unpaired) electrons. The van der Waals surface area contributed by atoms with E-state index >= 15 is 0 Å². The first-order valence-electron chi connectivity index (χ1n) is 11.3. The Balaban J connectivity index is 0.000000258. The largest absolute Gasteiger partial charge is 0.324 e. The molecule has 0 N–H and O–H groups in total. The highest BCUT2D eigenvalue weighted by molar-refractivity contribution is 5.51. The number of hydrogen-bond acceptors (Lipinski definition) is 0.